The third-order valence-corrected chi connectivity index (χ3v) is 9.46. The minimum absolute atomic E-state index is 0.0102. The molecule has 4 heterocycles. The number of aromatic nitrogens is 2. The number of benzene rings is 1. The molecule has 3 aromatic rings. The molecule has 1 atom stereocenters. The summed E-state index contributed by atoms with van der Waals surface area (Å²) in [6, 6.07) is 9.71. The van der Waals surface area contributed by atoms with E-state index in [-0.39, 0.29) is 28.1 Å². The summed E-state index contributed by atoms with van der Waals surface area (Å²) in [6.07, 6.45) is 1.87. The summed E-state index contributed by atoms with van der Waals surface area (Å²) in [4.78, 5) is 28.7. The number of hydrogen-bond donors (Lipinski definition) is 2. The quantitative estimate of drug-likeness (QED) is 0.307. The standard InChI is InChI=1S/C24H25N5O6S2/c30-22(28-24-26-19-7-8-20(27-23(19)36-24)34-16-11-25-12-16)21(29-35-15-9-10-33-13-15)14-1-3-17(4-2-14)37(31,32)18-5-6-18/h1-4,7-8,15-16,18,25H,5-6,9-13H2,(H,26,28,30)/b29-21+/t15-/m1/s1. The maximum atomic E-state index is 13.3. The Morgan fingerprint density at radius 3 is 2.57 bits per heavy atom. The zero-order chi connectivity index (χ0) is 25.4. The lowest BCUT2D eigenvalue weighted by atomic mass is 10.1. The predicted molar refractivity (Wildman–Crippen MR) is 137 cm³/mol. The Bertz CT molecular complexity index is 1440. The number of nitrogens with zero attached hydrogens (tertiary/aromatic N) is 3. The third kappa shape index (κ3) is 5.30. The van der Waals surface area contributed by atoms with Crippen molar-refractivity contribution in [1.29, 1.82) is 0 Å². The van der Waals surface area contributed by atoms with Crippen molar-refractivity contribution in [3.05, 3.63) is 42.0 Å². The number of sulfone groups is 1. The van der Waals surface area contributed by atoms with Crippen molar-refractivity contribution in [3.8, 4) is 5.88 Å². The molecule has 2 aliphatic heterocycles. The van der Waals surface area contributed by atoms with Crippen LogP contribution in [0.1, 0.15) is 24.8 Å². The molecule has 1 aliphatic carbocycles. The SMILES string of the molecule is O=C(Nc1nc2ccc(OC3CNC3)nc2s1)/C(=N/O[C@@H]1CCOC1)c1ccc(S(=O)(=O)C2CC2)cc1. The monoisotopic (exact) mass is 543 g/mol. The first-order valence-electron chi connectivity index (χ1n) is 12.1. The number of fused-ring (bicyclic) bond motifs is 1. The zero-order valence-electron chi connectivity index (χ0n) is 19.8. The number of carbonyl (C=O) groups is 1. The molecule has 0 spiro atoms. The van der Waals surface area contributed by atoms with Gasteiger partial charge in [0.2, 0.25) is 5.88 Å². The molecule has 2 N–H and O–H groups in total. The summed E-state index contributed by atoms with van der Waals surface area (Å²) in [5.41, 5.74) is 1.07. The van der Waals surface area contributed by atoms with Crippen LogP contribution in [-0.2, 0) is 24.2 Å². The van der Waals surface area contributed by atoms with E-state index in [2.05, 4.69) is 25.8 Å². The van der Waals surface area contributed by atoms with Gasteiger partial charge in [-0.2, -0.15) is 0 Å². The van der Waals surface area contributed by atoms with Crippen LogP contribution >= 0.6 is 11.3 Å². The molecule has 37 heavy (non-hydrogen) atoms. The maximum absolute atomic E-state index is 13.3. The minimum Gasteiger partial charge on any atom is -0.472 e. The molecule has 0 bridgehead atoms. The molecule has 194 valence electrons. The van der Waals surface area contributed by atoms with Crippen LogP contribution in [0.2, 0.25) is 0 Å². The molecule has 6 rings (SSSR count). The van der Waals surface area contributed by atoms with Crippen molar-refractivity contribution in [2.45, 2.75) is 41.6 Å². The smallest absolute Gasteiger partial charge is 0.280 e. The van der Waals surface area contributed by atoms with Crippen LogP contribution in [0, 0.1) is 0 Å². The van der Waals surface area contributed by atoms with Crippen molar-refractivity contribution in [3.63, 3.8) is 0 Å². The van der Waals surface area contributed by atoms with Gasteiger partial charge in [0.1, 0.15) is 16.5 Å². The van der Waals surface area contributed by atoms with Crippen LogP contribution in [0.5, 0.6) is 5.88 Å². The van der Waals surface area contributed by atoms with Gasteiger partial charge in [-0.1, -0.05) is 28.6 Å². The van der Waals surface area contributed by atoms with Crippen molar-refractivity contribution in [2.75, 3.05) is 31.6 Å². The highest BCUT2D eigenvalue weighted by atomic mass is 32.2. The first-order valence-corrected chi connectivity index (χ1v) is 14.4. The molecule has 2 aromatic heterocycles. The van der Waals surface area contributed by atoms with Crippen molar-refractivity contribution < 1.29 is 27.5 Å². The molecule has 0 radical (unpaired) electrons. The molecule has 3 aliphatic rings. The number of nitrogens with one attached hydrogen (secondary N) is 2. The molecule has 1 saturated carbocycles. The van der Waals surface area contributed by atoms with E-state index in [1.54, 1.807) is 24.3 Å². The normalized spacial score (nSPS) is 20.5. The van der Waals surface area contributed by atoms with E-state index in [1.165, 1.54) is 23.5 Å². The number of amides is 1. The summed E-state index contributed by atoms with van der Waals surface area (Å²) in [5, 5.41) is 10.1. The van der Waals surface area contributed by atoms with E-state index in [0.29, 0.717) is 59.4 Å². The molecule has 0 unspecified atom stereocenters. The molecule has 2 saturated heterocycles. The Morgan fingerprint density at radius 1 is 1.08 bits per heavy atom. The third-order valence-electron chi connectivity index (χ3n) is 6.30. The van der Waals surface area contributed by atoms with Gasteiger partial charge in [0.05, 0.1) is 23.4 Å². The van der Waals surface area contributed by atoms with Gasteiger partial charge in [0.15, 0.2) is 26.8 Å². The van der Waals surface area contributed by atoms with E-state index in [1.807, 2.05) is 0 Å². The van der Waals surface area contributed by atoms with Gasteiger partial charge in [-0.15, -0.1) is 0 Å². The first kappa shape index (κ1) is 24.2. The topological polar surface area (TPSA) is 141 Å². The van der Waals surface area contributed by atoms with Gasteiger partial charge in [-0.25, -0.2) is 18.4 Å². The van der Waals surface area contributed by atoms with Gasteiger partial charge in [-0.05, 0) is 31.0 Å². The second-order valence-corrected chi connectivity index (χ2v) is 12.4. The zero-order valence-corrected chi connectivity index (χ0v) is 21.4. The Labute approximate surface area is 217 Å². The van der Waals surface area contributed by atoms with Crippen molar-refractivity contribution >= 4 is 48.3 Å². The van der Waals surface area contributed by atoms with E-state index >= 15 is 0 Å². The average molecular weight is 544 g/mol. The van der Waals surface area contributed by atoms with Crippen LogP contribution in [0.25, 0.3) is 10.3 Å². The Balaban J connectivity index is 1.23. The number of carbonyl (C=O) groups excluding carboxylic acids is 1. The number of oxime groups is 1. The fourth-order valence-corrected chi connectivity index (χ4v) is 6.40. The van der Waals surface area contributed by atoms with Crippen LogP contribution in [0.3, 0.4) is 0 Å². The summed E-state index contributed by atoms with van der Waals surface area (Å²) in [7, 11) is -3.34. The number of anilines is 1. The number of hydrogen-bond acceptors (Lipinski definition) is 11. The lowest BCUT2D eigenvalue weighted by Crippen LogP contribution is -2.50. The average Bonchev–Trinajstić information content (AvgIpc) is 3.47. The van der Waals surface area contributed by atoms with Gasteiger partial charge in [-0.3, -0.25) is 10.1 Å². The van der Waals surface area contributed by atoms with Crippen LogP contribution in [0.15, 0.2) is 46.4 Å². The molecule has 3 fully saturated rings. The van der Waals surface area contributed by atoms with E-state index in [9.17, 15) is 13.2 Å². The van der Waals surface area contributed by atoms with Crippen molar-refractivity contribution in [2.24, 2.45) is 5.16 Å². The van der Waals surface area contributed by atoms with E-state index < -0.39 is 15.7 Å². The summed E-state index contributed by atoms with van der Waals surface area (Å²) >= 11 is 1.22. The lowest BCUT2D eigenvalue weighted by molar-refractivity contribution is -0.110. The lowest BCUT2D eigenvalue weighted by Gasteiger charge is -2.27. The fraction of sp³-hybridized carbons (Fsp3) is 0.417. The van der Waals surface area contributed by atoms with Gasteiger partial charge in [0, 0.05) is 31.1 Å². The van der Waals surface area contributed by atoms with Crippen LogP contribution < -0.4 is 15.4 Å². The number of pyridine rings is 1. The highest BCUT2D eigenvalue weighted by Crippen LogP contribution is 2.33. The van der Waals surface area contributed by atoms with Crippen LogP contribution in [0.4, 0.5) is 5.13 Å². The predicted octanol–water partition coefficient (Wildman–Crippen LogP) is 2.13. The summed E-state index contributed by atoms with van der Waals surface area (Å²) in [5.74, 6) is -0.0241. The molecule has 1 amide bonds. The van der Waals surface area contributed by atoms with E-state index in [0.717, 1.165) is 13.1 Å². The van der Waals surface area contributed by atoms with Gasteiger partial charge < -0.3 is 19.6 Å². The van der Waals surface area contributed by atoms with Crippen molar-refractivity contribution in [1.82, 2.24) is 15.3 Å². The number of thiazole rings is 1. The Morgan fingerprint density at radius 2 is 1.89 bits per heavy atom. The Kier molecular flexibility index (Phi) is 6.53. The second kappa shape index (κ2) is 9.97. The highest BCUT2D eigenvalue weighted by Gasteiger charge is 2.37. The highest BCUT2D eigenvalue weighted by molar-refractivity contribution is 7.92. The first-order chi connectivity index (χ1) is 18.0. The molecule has 1 aromatic carbocycles. The van der Waals surface area contributed by atoms with Gasteiger partial charge in [0.25, 0.3) is 5.91 Å². The molecular weight excluding hydrogens is 518 g/mol. The summed E-state index contributed by atoms with van der Waals surface area (Å²) in [6.45, 7) is 2.53. The van der Waals surface area contributed by atoms with Gasteiger partial charge >= 0.3 is 0 Å². The molecular formula is C24H25N5O6S2. The number of ether oxygens (including phenoxy) is 2. The largest absolute Gasteiger partial charge is 0.472 e. The summed E-state index contributed by atoms with van der Waals surface area (Å²) < 4.78 is 36.3. The van der Waals surface area contributed by atoms with E-state index in [4.69, 9.17) is 14.3 Å². The fourth-order valence-electron chi connectivity index (χ4n) is 3.91. The minimum atomic E-state index is -3.34. The second-order valence-electron chi connectivity index (χ2n) is 9.14. The molecule has 11 nitrogen and oxygen atoms in total. The molecule has 13 heteroatoms. The van der Waals surface area contributed by atoms with Crippen LogP contribution in [-0.4, -0.2) is 73.8 Å². The Hall–Kier alpha value is -3.13. The maximum Gasteiger partial charge on any atom is 0.280 e. The number of rotatable bonds is 9.